The topological polar surface area (TPSA) is 124 Å². The number of carbonyl (C=O) groups is 1. The molecule has 0 spiro atoms. The monoisotopic (exact) mass is 477 g/mol. The first-order valence-corrected chi connectivity index (χ1v) is 11.3. The number of hydrogen-bond acceptors (Lipinski definition) is 6. The van der Waals surface area contributed by atoms with Gasteiger partial charge in [0.2, 0.25) is 0 Å². The van der Waals surface area contributed by atoms with E-state index in [1.165, 1.54) is 6.92 Å². The van der Waals surface area contributed by atoms with Gasteiger partial charge in [-0.25, -0.2) is 13.2 Å². The van der Waals surface area contributed by atoms with Crippen molar-refractivity contribution in [2.75, 3.05) is 6.26 Å². The Morgan fingerprint density at radius 2 is 1.70 bits per heavy atom. The fraction of sp³-hybridized carbons (Fsp3) is 0.133. The molecule has 0 aromatic heterocycles. The van der Waals surface area contributed by atoms with Gasteiger partial charge in [-0.05, 0) is 30.7 Å². The van der Waals surface area contributed by atoms with Crippen LogP contribution in [0.2, 0.25) is 0 Å². The van der Waals surface area contributed by atoms with Crippen LogP contribution >= 0.6 is 10.2 Å². The van der Waals surface area contributed by atoms with Crippen LogP contribution in [0.25, 0.3) is 0 Å². The van der Waals surface area contributed by atoms with E-state index in [2.05, 4.69) is 0 Å². The number of carboxylic acid groups (broad SMARTS) is 1. The van der Waals surface area contributed by atoms with Gasteiger partial charge in [0, 0.05) is 18.4 Å². The molecule has 166 valence electrons. The molecule has 2 aromatic rings. The van der Waals surface area contributed by atoms with Crippen molar-refractivity contribution in [3.63, 3.8) is 0 Å². The van der Waals surface area contributed by atoms with E-state index in [1.807, 2.05) is 0 Å². The summed E-state index contributed by atoms with van der Waals surface area (Å²) in [4.78, 5) is 16.8. The summed E-state index contributed by atoms with van der Waals surface area (Å²) in [5, 5.41) is 19.9. The third-order valence-electron chi connectivity index (χ3n) is 3.69. The van der Waals surface area contributed by atoms with Gasteiger partial charge in [0.25, 0.3) is 5.69 Å². The van der Waals surface area contributed by atoms with E-state index < -0.39 is 63.5 Å². The molecule has 2 aromatic carbocycles. The van der Waals surface area contributed by atoms with Crippen LogP contribution < -0.4 is 4.74 Å². The molecular formula is C15H12F5NO7S2. The fourth-order valence-corrected chi connectivity index (χ4v) is 4.08. The average Bonchev–Trinajstić information content (AvgIpc) is 2.51. The lowest BCUT2D eigenvalue weighted by molar-refractivity contribution is -0.388. The minimum Gasteiger partial charge on any atom is -0.478 e. The molecule has 30 heavy (non-hydrogen) atoms. The lowest BCUT2D eigenvalue weighted by Gasteiger charge is -2.39. The molecule has 0 aliphatic heterocycles. The van der Waals surface area contributed by atoms with Gasteiger partial charge in [0.1, 0.15) is 16.4 Å². The smallest absolute Gasteiger partial charge is 0.335 e. The van der Waals surface area contributed by atoms with Crippen molar-refractivity contribution in [2.24, 2.45) is 0 Å². The second-order valence-electron chi connectivity index (χ2n) is 6.15. The SMILES string of the molecule is Cc1cc(Oc2ccc([N+](=O)[O-])c(S(F)(F)(F)(F)F)c2)c(S(C)(=O)=O)cc1C(=O)O. The standard InChI is InChI=1S/C15H12F5NO7S2/c1-8-5-12(13(29(2,26)27)7-10(8)15(22)23)28-9-3-4-11(21(24)25)14(6-9)30(16,17,18,19)20/h3-7H,1-2H3,(H,22,23). The van der Waals surface area contributed by atoms with Gasteiger partial charge in [-0.3, -0.25) is 10.1 Å². The quantitative estimate of drug-likeness (QED) is 0.333. The van der Waals surface area contributed by atoms with Gasteiger partial charge in [-0.15, -0.1) is 0 Å². The highest BCUT2D eigenvalue weighted by atomic mass is 32.5. The molecule has 15 heteroatoms. The van der Waals surface area contributed by atoms with Crippen molar-refractivity contribution in [3.05, 3.63) is 51.6 Å². The summed E-state index contributed by atoms with van der Waals surface area (Å²) in [6.45, 7) is 1.23. The van der Waals surface area contributed by atoms with Crippen molar-refractivity contribution in [1.82, 2.24) is 0 Å². The number of aryl methyl sites for hydroxylation is 1. The van der Waals surface area contributed by atoms with Crippen molar-refractivity contribution in [2.45, 2.75) is 16.7 Å². The van der Waals surface area contributed by atoms with Gasteiger partial charge in [0.05, 0.1) is 10.5 Å². The van der Waals surface area contributed by atoms with Crippen molar-refractivity contribution >= 4 is 31.7 Å². The Hall–Kier alpha value is -2.94. The normalized spacial score (nSPS) is 14.5. The van der Waals surface area contributed by atoms with Gasteiger partial charge >= 0.3 is 16.2 Å². The van der Waals surface area contributed by atoms with Crippen LogP contribution in [-0.4, -0.2) is 30.7 Å². The van der Waals surface area contributed by atoms with Crippen LogP contribution in [0.5, 0.6) is 11.5 Å². The summed E-state index contributed by atoms with van der Waals surface area (Å²) in [5.74, 6) is -3.12. The number of hydrogen-bond donors (Lipinski definition) is 1. The number of ether oxygens (including phenoxy) is 1. The fourth-order valence-electron chi connectivity index (χ4n) is 2.41. The Morgan fingerprint density at radius 3 is 2.13 bits per heavy atom. The van der Waals surface area contributed by atoms with Crippen LogP contribution in [-0.2, 0) is 9.84 Å². The molecule has 0 aliphatic rings. The Bertz CT molecular complexity index is 1200. The number of nitro groups is 1. The molecular weight excluding hydrogens is 465 g/mol. The van der Waals surface area contributed by atoms with E-state index in [0.717, 1.165) is 6.07 Å². The van der Waals surface area contributed by atoms with Gasteiger partial charge < -0.3 is 9.84 Å². The molecule has 0 bridgehead atoms. The Morgan fingerprint density at radius 1 is 1.13 bits per heavy atom. The number of halogens is 5. The van der Waals surface area contributed by atoms with E-state index >= 15 is 0 Å². The molecule has 0 saturated carbocycles. The second-order valence-corrected chi connectivity index (χ2v) is 10.5. The largest absolute Gasteiger partial charge is 0.478 e. The number of aromatic carboxylic acids is 1. The number of rotatable bonds is 6. The molecule has 0 fully saturated rings. The van der Waals surface area contributed by atoms with Gasteiger partial charge in [-0.2, -0.15) is 0 Å². The van der Waals surface area contributed by atoms with E-state index in [4.69, 9.17) is 9.84 Å². The lowest BCUT2D eigenvalue weighted by Crippen LogP contribution is -2.10. The summed E-state index contributed by atoms with van der Waals surface area (Å²) in [7, 11) is -14.7. The number of nitrogens with zero attached hydrogens (tertiary/aromatic N) is 1. The minimum atomic E-state index is -10.5. The average molecular weight is 477 g/mol. The zero-order chi connectivity index (χ0) is 23.3. The maximum absolute atomic E-state index is 13.2. The summed E-state index contributed by atoms with van der Waals surface area (Å²) in [5.41, 5.74) is -2.40. The molecule has 0 aliphatic carbocycles. The Kier molecular flexibility index (Phi) is 4.88. The first kappa shape index (κ1) is 23.3. The summed E-state index contributed by atoms with van der Waals surface area (Å²) in [6, 6.07) is 1.96. The number of sulfone groups is 1. The first-order valence-electron chi connectivity index (χ1n) is 7.49. The third-order valence-corrected chi connectivity index (χ3v) is 5.97. The van der Waals surface area contributed by atoms with E-state index in [1.54, 1.807) is 0 Å². The number of nitro benzene ring substituents is 1. The maximum Gasteiger partial charge on any atom is 0.335 e. The van der Waals surface area contributed by atoms with Crippen molar-refractivity contribution < 1.29 is 47.4 Å². The molecule has 0 saturated heterocycles. The van der Waals surface area contributed by atoms with E-state index in [0.29, 0.717) is 18.4 Å². The van der Waals surface area contributed by atoms with Crippen LogP contribution in [0.1, 0.15) is 15.9 Å². The van der Waals surface area contributed by atoms with Crippen LogP contribution in [0, 0.1) is 17.0 Å². The number of carboxylic acids is 1. The van der Waals surface area contributed by atoms with Gasteiger partial charge in [-0.1, -0.05) is 19.4 Å². The molecule has 8 nitrogen and oxygen atoms in total. The van der Waals surface area contributed by atoms with Crippen molar-refractivity contribution in [3.8, 4) is 11.5 Å². The molecule has 1 N–H and O–H groups in total. The molecule has 0 amide bonds. The first-order chi connectivity index (χ1) is 13.2. The van der Waals surface area contributed by atoms with E-state index in [-0.39, 0.29) is 17.7 Å². The van der Waals surface area contributed by atoms with Crippen molar-refractivity contribution in [1.29, 1.82) is 0 Å². The zero-order valence-corrected chi connectivity index (χ0v) is 16.6. The minimum absolute atomic E-state index is 0.0419. The highest BCUT2D eigenvalue weighted by Gasteiger charge is 2.69. The highest BCUT2D eigenvalue weighted by molar-refractivity contribution is 8.45. The summed E-state index contributed by atoms with van der Waals surface area (Å²) >= 11 is 0. The maximum atomic E-state index is 13.2. The van der Waals surface area contributed by atoms with Crippen LogP contribution in [0.4, 0.5) is 25.1 Å². The molecule has 2 rings (SSSR count). The summed E-state index contributed by atoms with van der Waals surface area (Å²) < 4.78 is 95.1. The number of benzene rings is 2. The van der Waals surface area contributed by atoms with Gasteiger partial charge in [0.15, 0.2) is 14.7 Å². The van der Waals surface area contributed by atoms with Crippen LogP contribution in [0.3, 0.4) is 0 Å². The Labute approximate surface area is 165 Å². The predicted molar refractivity (Wildman–Crippen MR) is 95.8 cm³/mol. The lowest BCUT2D eigenvalue weighted by atomic mass is 10.1. The molecule has 0 atom stereocenters. The zero-order valence-electron chi connectivity index (χ0n) is 14.9. The summed E-state index contributed by atoms with van der Waals surface area (Å²) in [6.07, 6.45) is 0.659. The predicted octanol–water partition coefficient (Wildman–Crippen LogP) is 5.45. The Balaban J connectivity index is 2.74. The van der Waals surface area contributed by atoms with Crippen LogP contribution in [0.15, 0.2) is 40.1 Å². The highest BCUT2D eigenvalue weighted by Crippen LogP contribution is 3.03. The molecule has 0 heterocycles. The second kappa shape index (κ2) is 6.28. The van der Waals surface area contributed by atoms with E-state index in [9.17, 15) is 42.8 Å². The third kappa shape index (κ3) is 4.96. The molecule has 0 unspecified atom stereocenters. The molecule has 0 radical (unpaired) electrons.